The second kappa shape index (κ2) is 6.49. The van der Waals surface area contributed by atoms with Crippen molar-refractivity contribution < 1.29 is 0 Å². The highest BCUT2D eigenvalue weighted by molar-refractivity contribution is 4.71. The summed E-state index contributed by atoms with van der Waals surface area (Å²) in [4.78, 5) is 2.42. The molecule has 2 heteroatoms. The largest absolute Gasteiger partial charge is 0.330 e. The predicted molar refractivity (Wildman–Crippen MR) is 69.0 cm³/mol. The zero-order valence-electron chi connectivity index (χ0n) is 11.5. The molecule has 0 aromatic rings. The summed E-state index contributed by atoms with van der Waals surface area (Å²) in [6.45, 7) is 14.5. The minimum absolute atomic E-state index is 0.381. The van der Waals surface area contributed by atoms with Gasteiger partial charge in [0.05, 0.1) is 0 Å². The fourth-order valence-electron chi connectivity index (χ4n) is 2.23. The van der Waals surface area contributed by atoms with Gasteiger partial charge in [-0.1, -0.05) is 34.6 Å². The van der Waals surface area contributed by atoms with Crippen LogP contribution in [0.3, 0.4) is 0 Å². The number of nitrogens with two attached hydrogens (primary N) is 1. The molecule has 92 valence electrons. The summed E-state index contributed by atoms with van der Waals surface area (Å²) in [5.41, 5.74) is 6.19. The van der Waals surface area contributed by atoms with Crippen LogP contribution in [-0.2, 0) is 0 Å². The first-order valence-electron chi connectivity index (χ1n) is 6.13. The molecule has 1 unspecified atom stereocenters. The van der Waals surface area contributed by atoms with E-state index in [0.717, 1.165) is 25.6 Å². The van der Waals surface area contributed by atoms with Crippen LogP contribution in [0.1, 0.15) is 41.0 Å². The summed E-state index contributed by atoms with van der Waals surface area (Å²) in [6.07, 6.45) is 1.24. The highest BCUT2D eigenvalue weighted by Crippen LogP contribution is 2.17. The van der Waals surface area contributed by atoms with Gasteiger partial charge < -0.3 is 10.6 Å². The summed E-state index contributed by atoms with van der Waals surface area (Å²) in [6, 6.07) is 0. The standard InChI is InChI=1S/C13H30N2/c1-11(2)7-12(8-14)9-15(6)10-13(3,4)5/h11-12H,7-10,14H2,1-6H3. The van der Waals surface area contributed by atoms with E-state index in [1.165, 1.54) is 6.42 Å². The molecule has 0 saturated heterocycles. The van der Waals surface area contributed by atoms with Crippen molar-refractivity contribution in [1.29, 1.82) is 0 Å². The zero-order chi connectivity index (χ0) is 12.1. The van der Waals surface area contributed by atoms with E-state index in [2.05, 4.69) is 46.6 Å². The van der Waals surface area contributed by atoms with Crippen LogP contribution < -0.4 is 5.73 Å². The summed E-state index contributed by atoms with van der Waals surface area (Å²) in [5.74, 6) is 1.40. The Kier molecular flexibility index (Phi) is 6.46. The van der Waals surface area contributed by atoms with Crippen LogP contribution in [0, 0.1) is 17.3 Å². The number of nitrogens with zero attached hydrogens (tertiary/aromatic N) is 1. The van der Waals surface area contributed by atoms with Gasteiger partial charge in [0, 0.05) is 13.1 Å². The monoisotopic (exact) mass is 214 g/mol. The van der Waals surface area contributed by atoms with Gasteiger partial charge in [-0.15, -0.1) is 0 Å². The molecule has 0 radical (unpaired) electrons. The molecule has 0 aromatic heterocycles. The molecular weight excluding hydrogens is 184 g/mol. The molecule has 0 heterocycles. The van der Waals surface area contributed by atoms with E-state index in [0.29, 0.717) is 11.3 Å². The fourth-order valence-corrected chi connectivity index (χ4v) is 2.23. The van der Waals surface area contributed by atoms with Crippen LogP contribution in [-0.4, -0.2) is 31.6 Å². The second-order valence-corrected chi connectivity index (χ2v) is 6.49. The molecule has 1 atom stereocenters. The fraction of sp³-hybridized carbons (Fsp3) is 1.00. The molecule has 15 heavy (non-hydrogen) atoms. The molecule has 0 aliphatic carbocycles. The molecule has 0 amide bonds. The van der Waals surface area contributed by atoms with E-state index in [4.69, 9.17) is 5.73 Å². The van der Waals surface area contributed by atoms with Crippen LogP contribution in [0.4, 0.5) is 0 Å². The highest BCUT2D eigenvalue weighted by Gasteiger charge is 2.17. The minimum Gasteiger partial charge on any atom is -0.330 e. The summed E-state index contributed by atoms with van der Waals surface area (Å²) in [5, 5.41) is 0. The lowest BCUT2D eigenvalue weighted by atomic mass is 9.93. The number of rotatable bonds is 6. The average Bonchev–Trinajstić information content (AvgIpc) is 1.98. The Hall–Kier alpha value is -0.0800. The van der Waals surface area contributed by atoms with Gasteiger partial charge in [0.25, 0.3) is 0 Å². The molecule has 0 aliphatic heterocycles. The maximum Gasteiger partial charge on any atom is 0.00271 e. The Morgan fingerprint density at radius 3 is 2.07 bits per heavy atom. The van der Waals surface area contributed by atoms with Crippen molar-refractivity contribution >= 4 is 0 Å². The van der Waals surface area contributed by atoms with Gasteiger partial charge in [0.2, 0.25) is 0 Å². The molecule has 0 aromatic carbocycles. The normalized spacial score (nSPS) is 15.0. The lowest BCUT2D eigenvalue weighted by Gasteiger charge is -2.30. The van der Waals surface area contributed by atoms with Crippen LogP contribution in [0.5, 0.6) is 0 Å². The van der Waals surface area contributed by atoms with Gasteiger partial charge in [0.1, 0.15) is 0 Å². The maximum absolute atomic E-state index is 5.81. The maximum atomic E-state index is 5.81. The van der Waals surface area contributed by atoms with Crippen LogP contribution in [0.15, 0.2) is 0 Å². The Balaban J connectivity index is 3.96. The van der Waals surface area contributed by atoms with Gasteiger partial charge in [-0.2, -0.15) is 0 Å². The first-order valence-corrected chi connectivity index (χ1v) is 6.13. The van der Waals surface area contributed by atoms with Gasteiger partial charge in [-0.05, 0) is 37.3 Å². The molecule has 2 nitrogen and oxygen atoms in total. The first kappa shape index (κ1) is 14.9. The molecule has 2 N–H and O–H groups in total. The number of hydrogen-bond acceptors (Lipinski definition) is 2. The Labute approximate surface area is 96.2 Å². The lowest BCUT2D eigenvalue weighted by Crippen LogP contribution is -2.36. The third-order valence-electron chi connectivity index (χ3n) is 2.45. The van der Waals surface area contributed by atoms with Crippen molar-refractivity contribution in [2.24, 2.45) is 23.0 Å². The Morgan fingerprint density at radius 2 is 1.73 bits per heavy atom. The quantitative estimate of drug-likeness (QED) is 0.736. The highest BCUT2D eigenvalue weighted by atomic mass is 15.1. The smallest absolute Gasteiger partial charge is 0.00271 e. The van der Waals surface area contributed by atoms with E-state index >= 15 is 0 Å². The molecular formula is C13H30N2. The van der Waals surface area contributed by atoms with E-state index in [1.807, 2.05) is 0 Å². The van der Waals surface area contributed by atoms with Crippen LogP contribution in [0.25, 0.3) is 0 Å². The van der Waals surface area contributed by atoms with E-state index < -0.39 is 0 Å². The van der Waals surface area contributed by atoms with Crippen LogP contribution >= 0.6 is 0 Å². The van der Waals surface area contributed by atoms with Crippen molar-refractivity contribution in [3.8, 4) is 0 Å². The van der Waals surface area contributed by atoms with E-state index in [1.54, 1.807) is 0 Å². The van der Waals surface area contributed by atoms with E-state index in [9.17, 15) is 0 Å². The van der Waals surface area contributed by atoms with Gasteiger partial charge >= 0.3 is 0 Å². The topological polar surface area (TPSA) is 29.3 Å². The molecule has 0 aliphatic rings. The van der Waals surface area contributed by atoms with Gasteiger partial charge in [-0.3, -0.25) is 0 Å². The summed E-state index contributed by atoms with van der Waals surface area (Å²) >= 11 is 0. The first-order chi connectivity index (χ1) is 6.74. The number of hydrogen-bond donors (Lipinski definition) is 1. The molecule has 0 saturated carbocycles. The van der Waals surface area contributed by atoms with Crippen molar-refractivity contribution in [3.63, 3.8) is 0 Å². The minimum atomic E-state index is 0.381. The average molecular weight is 214 g/mol. The predicted octanol–water partition coefficient (Wildman–Crippen LogP) is 2.59. The molecule has 0 fully saturated rings. The van der Waals surface area contributed by atoms with Crippen molar-refractivity contribution in [3.05, 3.63) is 0 Å². The van der Waals surface area contributed by atoms with Gasteiger partial charge in [0.15, 0.2) is 0 Å². The SMILES string of the molecule is CC(C)CC(CN)CN(C)CC(C)(C)C. The van der Waals surface area contributed by atoms with Crippen LogP contribution in [0.2, 0.25) is 0 Å². The van der Waals surface area contributed by atoms with Crippen molar-refractivity contribution in [2.75, 3.05) is 26.7 Å². The second-order valence-electron chi connectivity index (χ2n) is 6.49. The lowest BCUT2D eigenvalue weighted by molar-refractivity contribution is 0.191. The molecule has 0 spiro atoms. The summed E-state index contributed by atoms with van der Waals surface area (Å²) < 4.78 is 0. The Morgan fingerprint density at radius 1 is 1.20 bits per heavy atom. The van der Waals surface area contributed by atoms with Crippen molar-refractivity contribution in [2.45, 2.75) is 41.0 Å². The third kappa shape index (κ3) is 8.88. The Bertz CT molecular complexity index is 158. The van der Waals surface area contributed by atoms with E-state index in [-0.39, 0.29) is 0 Å². The molecule has 0 bridgehead atoms. The van der Waals surface area contributed by atoms with Crippen molar-refractivity contribution in [1.82, 2.24) is 4.90 Å². The van der Waals surface area contributed by atoms with Gasteiger partial charge in [-0.25, -0.2) is 0 Å². The third-order valence-corrected chi connectivity index (χ3v) is 2.45. The zero-order valence-corrected chi connectivity index (χ0v) is 11.5. The summed E-state index contributed by atoms with van der Waals surface area (Å²) in [7, 11) is 2.20. The molecule has 0 rings (SSSR count).